The number of pyridine rings is 1. The van der Waals surface area contributed by atoms with E-state index in [9.17, 15) is 4.79 Å². The summed E-state index contributed by atoms with van der Waals surface area (Å²) in [6, 6.07) is 3.37. The summed E-state index contributed by atoms with van der Waals surface area (Å²) in [5, 5.41) is 2.76. The summed E-state index contributed by atoms with van der Waals surface area (Å²) >= 11 is 0. The molecule has 102 valence electrons. The zero-order chi connectivity index (χ0) is 14.4. The first kappa shape index (κ1) is 13.8. The second kappa shape index (κ2) is 6.50. The predicted octanol–water partition coefficient (Wildman–Crippen LogP) is 0.0553. The van der Waals surface area contributed by atoms with E-state index in [4.69, 9.17) is 5.73 Å². The van der Waals surface area contributed by atoms with Gasteiger partial charge in [-0.15, -0.1) is 0 Å². The molecule has 0 aliphatic carbocycles. The van der Waals surface area contributed by atoms with Crippen LogP contribution in [0.4, 0.5) is 0 Å². The van der Waals surface area contributed by atoms with Crippen molar-refractivity contribution in [3.8, 4) is 11.8 Å². The Bertz CT molecular complexity index is 648. The predicted molar refractivity (Wildman–Crippen MR) is 74.5 cm³/mol. The van der Waals surface area contributed by atoms with Crippen LogP contribution in [-0.2, 0) is 13.6 Å². The number of aryl methyl sites for hydroxylation is 1. The minimum absolute atomic E-state index is 0.244. The standard InChI is InChI=1S/C14H15N5O/c1-19-8-7-16-13(19)10-18-14(20)12-5-4-11(9-17-12)3-2-6-15/h4-5,7-9H,6,10,15H2,1H3,(H,18,20). The lowest BCUT2D eigenvalue weighted by atomic mass is 10.2. The minimum atomic E-state index is -0.244. The highest BCUT2D eigenvalue weighted by atomic mass is 16.1. The van der Waals surface area contributed by atoms with Crippen LogP contribution in [0.15, 0.2) is 30.7 Å². The van der Waals surface area contributed by atoms with Crippen LogP contribution >= 0.6 is 0 Å². The van der Waals surface area contributed by atoms with E-state index in [1.807, 2.05) is 17.8 Å². The lowest BCUT2D eigenvalue weighted by Crippen LogP contribution is -2.25. The molecule has 0 aromatic carbocycles. The summed E-state index contributed by atoms with van der Waals surface area (Å²) in [4.78, 5) is 20.1. The molecule has 2 heterocycles. The number of imidazole rings is 1. The van der Waals surface area contributed by atoms with Crippen molar-refractivity contribution >= 4 is 5.91 Å². The van der Waals surface area contributed by atoms with E-state index in [-0.39, 0.29) is 5.91 Å². The number of amides is 1. The first-order valence-electron chi connectivity index (χ1n) is 6.10. The van der Waals surface area contributed by atoms with Crippen LogP contribution in [0.5, 0.6) is 0 Å². The van der Waals surface area contributed by atoms with Gasteiger partial charge in [0.1, 0.15) is 11.5 Å². The number of carbonyl (C=O) groups excluding carboxylic acids is 1. The quantitative estimate of drug-likeness (QED) is 0.771. The average Bonchev–Trinajstić information content (AvgIpc) is 2.88. The molecule has 0 fully saturated rings. The SMILES string of the molecule is Cn1ccnc1CNC(=O)c1ccc(C#CCN)cn1. The Morgan fingerprint density at radius 1 is 1.45 bits per heavy atom. The Kier molecular flexibility index (Phi) is 4.47. The second-order valence-corrected chi connectivity index (χ2v) is 4.08. The number of nitrogens with zero attached hydrogens (tertiary/aromatic N) is 3. The van der Waals surface area contributed by atoms with Gasteiger partial charge in [0.05, 0.1) is 13.1 Å². The van der Waals surface area contributed by atoms with E-state index in [0.717, 1.165) is 11.4 Å². The zero-order valence-corrected chi connectivity index (χ0v) is 11.1. The monoisotopic (exact) mass is 269 g/mol. The third kappa shape index (κ3) is 3.43. The Morgan fingerprint density at radius 2 is 2.30 bits per heavy atom. The van der Waals surface area contributed by atoms with Gasteiger partial charge in [-0.25, -0.2) is 9.97 Å². The summed E-state index contributed by atoms with van der Waals surface area (Å²) in [5.74, 6) is 6.12. The smallest absolute Gasteiger partial charge is 0.270 e. The third-order valence-corrected chi connectivity index (χ3v) is 2.66. The number of hydrogen-bond acceptors (Lipinski definition) is 4. The van der Waals surface area contributed by atoms with Gasteiger partial charge < -0.3 is 15.6 Å². The molecule has 0 spiro atoms. The number of aromatic nitrogens is 3. The molecule has 0 unspecified atom stereocenters. The normalized spacial score (nSPS) is 9.70. The van der Waals surface area contributed by atoms with Gasteiger partial charge in [0, 0.05) is 31.2 Å². The second-order valence-electron chi connectivity index (χ2n) is 4.08. The van der Waals surface area contributed by atoms with Gasteiger partial charge in [-0.2, -0.15) is 0 Å². The molecule has 1 amide bonds. The summed E-state index contributed by atoms with van der Waals surface area (Å²) in [5.41, 5.74) is 6.36. The molecular formula is C14H15N5O. The van der Waals surface area contributed by atoms with Crippen molar-refractivity contribution in [2.75, 3.05) is 6.54 Å². The van der Waals surface area contributed by atoms with E-state index >= 15 is 0 Å². The van der Waals surface area contributed by atoms with Crippen molar-refractivity contribution in [1.29, 1.82) is 0 Å². The van der Waals surface area contributed by atoms with Crippen LogP contribution in [-0.4, -0.2) is 27.0 Å². The highest BCUT2D eigenvalue weighted by Gasteiger charge is 2.07. The largest absolute Gasteiger partial charge is 0.343 e. The fourth-order valence-corrected chi connectivity index (χ4v) is 1.57. The lowest BCUT2D eigenvalue weighted by molar-refractivity contribution is 0.0944. The minimum Gasteiger partial charge on any atom is -0.343 e. The van der Waals surface area contributed by atoms with Crippen LogP contribution < -0.4 is 11.1 Å². The number of hydrogen-bond donors (Lipinski definition) is 2. The molecule has 0 atom stereocenters. The summed E-state index contributed by atoms with van der Waals surface area (Å²) in [6.45, 7) is 0.657. The number of nitrogens with two attached hydrogens (primary N) is 1. The maximum absolute atomic E-state index is 11.9. The summed E-state index contributed by atoms with van der Waals surface area (Å²) < 4.78 is 1.85. The molecule has 20 heavy (non-hydrogen) atoms. The van der Waals surface area contributed by atoms with Gasteiger partial charge in [0.15, 0.2) is 0 Å². The molecule has 0 aliphatic heterocycles. The number of rotatable bonds is 3. The molecule has 2 aromatic heterocycles. The first-order valence-corrected chi connectivity index (χ1v) is 6.10. The Labute approximate surface area is 117 Å². The van der Waals surface area contributed by atoms with Crippen LogP contribution in [0, 0.1) is 11.8 Å². The molecule has 2 aromatic rings. The van der Waals surface area contributed by atoms with Crippen molar-refractivity contribution < 1.29 is 4.79 Å². The highest BCUT2D eigenvalue weighted by molar-refractivity contribution is 5.92. The lowest BCUT2D eigenvalue weighted by Gasteiger charge is -2.04. The Hall–Kier alpha value is -2.65. The van der Waals surface area contributed by atoms with E-state index in [1.165, 1.54) is 0 Å². The van der Waals surface area contributed by atoms with E-state index < -0.39 is 0 Å². The fourth-order valence-electron chi connectivity index (χ4n) is 1.57. The van der Waals surface area contributed by atoms with Gasteiger partial charge in [-0.05, 0) is 12.1 Å². The fraction of sp³-hybridized carbons (Fsp3) is 0.214. The number of carbonyl (C=O) groups is 1. The van der Waals surface area contributed by atoms with E-state index in [1.54, 1.807) is 24.5 Å². The van der Waals surface area contributed by atoms with Crippen molar-refractivity contribution in [3.63, 3.8) is 0 Å². The van der Waals surface area contributed by atoms with Crippen LogP contribution in [0.3, 0.4) is 0 Å². The van der Waals surface area contributed by atoms with Crippen molar-refractivity contribution in [2.45, 2.75) is 6.54 Å². The van der Waals surface area contributed by atoms with Crippen LogP contribution in [0.2, 0.25) is 0 Å². The molecule has 2 rings (SSSR count). The first-order chi connectivity index (χ1) is 9.70. The molecule has 0 saturated heterocycles. The summed E-state index contributed by atoms with van der Waals surface area (Å²) in [7, 11) is 1.87. The van der Waals surface area contributed by atoms with Crippen molar-refractivity contribution in [2.24, 2.45) is 12.8 Å². The van der Waals surface area contributed by atoms with Crippen molar-refractivity contribution in [3.05, 3.63) is 47.8 Å². The van der Waals surface area contributed by atoms with Gasteiger partial charge in [-0.3, -0.25) is 4.79 Å². The van der Waals surface area contributed by atoms with Gasteiger partial charge in [0.2, 0.25) is 0 Å². The molecule has 3 N–H and O–H groups in total. The zero-order valence-electron chi connectivity index (χ0n) is 11.1. The van der Waals surface area contributed by atoms with Gasteiger partial charge >= 0.3 is 0 Å². The molecule has 0 saturated carbocycles. The summed E-state index contributed by atoms with van der Waals surface area (Å²) in [6.07, 6.45) is 5.06. The maximum atomic E-state index is 11.9. The average molecular weight is 269 g/mol. The van der Waals surface area contributed by atoms with Gasteiger partial charge in [-0.1, -0.05) is 11.8 Å². The van der Waals surface area contributed by atoms with Crippen molar-refractivity contribution in [1.82, 2.24) is 19.9 Å². The maximum Gasteiger partial charge on any atom is 0.270 e. The highest BCUT2D eigenvalue weighted by Crippen LogP contribution is 2.00. The number of nitrogens with one attached hydrogen (secondary N) is 1. The van der Waals surface area contributed by atoms with Crippen LogP contribution in [0.25, 0.3) is 0 Å². The Morgan fingerprint density at radius 3 is 2.90 bits per heavy atom. The molecule has 0 aliphatic rings. The molecule has 6 nitrogen and oxygen atoms in total. The van der Waals surface area contributed by atoms with Crippen LogP contribution in [0.1, 0.15) is 21.9 Å². The Balaban J connectivity index is 1.97. The molecule has 6 heteroatoms. The van der Waals surface area contributed by atoms with Gasteiger partial charge in [0.25, 0.3) is 5.91 Å². The molecular weight excluding hydrogens is 254 g/mol. The molecule has 0 bridgehead atoms. The van der Waals surface area contributed by atoms with E-state index in [2.05, 4.69) is 27.1 Å². The molecule has 0 radical (unpaired) electrons. The van der Waals surface area contributed by atoms with E-state index in [0.29, 0.717) is 18.8 Å². The third-order valence-electron chi connectivity index (χ3n) is 2.66. The topological polar surface area (TPSA) is 85.8 Å².